The minimum absolute atomic E-state index is 0.325. The van der Waals surface area contributed by atoms with Crippen molar-refractivity contribution in [3.05, 3.63) is 48.0 Å². The highest BCUT2D eigenvalue weighted by Crippen LogP contribution is 2.24. The number of anilines is 3. The van der Waals surface area contributed by atoms with Crippen molar-refractivity contribution in [3.63, 3.8) is 0 Å². The quantitative estimate of drug-likeness (QED) is 0.498. The normalized spacial score (nSPS) is 10.2. The fraction of sp³-hybridized carbons (Fsp3) is 0.188. The molecular formula is C16H18N2O2S. The smallest absolute Gasteiger partial charge is 0.340 e. The first-order valence-electron chi connectivity index (χ1n) is 6.61. The number of rotatable bonds is 5. The summed E-state index contributed by atoms with van der Waals surface area (Å²) in [5.41, 5.74) is 8.36. The van der Waals surface area contributed by atoms with Gasteiger partial charge in [-0.05, 0) is 55.6 Å². The van der Waals surface area contributed by atoms with Crippen molar-refractivity contribution in [1.82, 2.24) is 0 Å². The summed E-state index contributed by atoms with van der Waals surface area (Å²) in [5.74, 6) is -0.406. The number of nitrogens with one attached hydrogen (secondary N) is 1. The van der Waals surface area contributed by atoms with Gasteiger partial charge >= 0.3 is 5.97 Å². The summed E-state index contributed by atoms with van der Waals surface area (Å²) in [6, 6.07) is 13.3. The van der Waals surface area contributed by atoms with Crippen molar-refractivity contribution in [3.8, 4) is 0 Å². The first-order chi connectivity index (χ1) is 10.1. The second kappa shape index (κ2) is 7.04. The van der Waals surface area contributed by atoms with E-state index in [1.165, 1.54) is 4.90 Å². The van der Waals surface area contributed by atoms with Crippen LogP contribution in [-0.2, 0) is 4.74 Å². The molecule has 0 aliphatic carbocycles. The van der Waals surface area contributed by atoms with Gasteiger partial charge in [-0.2, -0.15) is 0 Å². The number of benzene rings is 2. The van der Waals surface area contributed by atoms with E-state index in [0.717, 1.165) is 11.4 Å². The lowest BCUT2D eigenvalue weighted by molar-refractivity contribution is 0.0527. The number of thioether (sulfide) groups is 1. The van der Waals surface area contributed by atoms with Gasteiger partial charge in [0.25, 0.3) is 0 Å². The summed E-state index contributed by atoms with van der Waals surface area (Å²) >= 11 is 1.69. The number of esters is 1. The lowest BCUT2D eigenvalue weighted by Gasteiger charge is -2.10. The van der Waals surface area contributed by atoms with Crippen LogP contribution in [0.15, 0.2) is 47.4 Å². The molecule has 0 aliphatic heterocycles. The van der Waals surface area contributed by atoms with Crippen LogP contribution in [0.5, 0.6) is 0 Å². The predicted octanol–water partition coefficient (Wildman–Crippen LogP) is 3.91. The Bertz CT molecular complexity index is 627. The van der Waals surface area contributed by atoms with Crippen LogP contribution in [0.3, 0.4) is 0 Å². The number of carbonyl (C=O) groups excluding carboxylic acids is 1. The topological polar surface area (TPSA) is 64.3 Å². The zero-order valence-corrected chi connectivity index (χ0v) is 12.9. The number of hydrogen-bond acceptors (Lipinski definition) is 5. The molecule has 4 nitrogen and oxygen atoms in total. The number of hydrogen-bond donors (Lipinski definition) is 2. The highest BCUT2D eigenvalue weighted by atomic mass is 32.2. The van der Waals surface area contributed by atoms with E-state index in [0.29, 0.717) is 17.9 Å². The largest absolute Gasteiger partial charge is 0.462 e. The van der Waals surface area contributed by atoms with E-state index in [-0.39, 0.29) is 0 Å². The van der Waals surface area contributed by atoms with E-state index in [1.807, 2.05) is 36.6 Å². The molecule has 0 saturated carbocycles. The molecule has 0 saturated heterocycles. The Morgan fingerprint density at radius 2 is 1.86 bits per heavy atom. The van der Waals surface area contributed by atoms with Crippen LogP contribution in [0.4, 0.5) is 17.1 Å². The van der Waals surface area contributed by atoms with Gasteiger partial charge < -0.3 is 15.8 Å². The second-order valence-corrected chi connectivity index (χ2v) is 5.26. The first kappa shape index (κ1) is 15.3. The van der Waals surface area contributed by atoms with E-state index in [1.54, 1.807) is 30.8 Å². The van der Waals surface area contributed by atoms with Crippen LogP contribution in [0.1, 0.15) is 17.3 Å². The molecule has 3 N–H and O–H groups in total. The molecule has 2 rings (SSSR count). The number of nitrogen functional groups attached to an aromatic ring is 1. The molecule has 0 fully saturated rings. The summed E-state index contributed by atoms with van der Waals surface area (Å²) in [6.45, 7) is 2.09. The molecule has 5 heteroatoms. The Balaban J connectivity index is 2.20. The van der Waals surface area contributed by atoms with Gasteiger partial charge in [0, 0.05) is 22.0 Å². The molecule has 0 radical (unpaired) electrons. The Morgan fingerprint density at radius 1 is 1.19 bits per heavy atom. The summed E-state index contributed by atoms with van der Waals surface area (Å²) in [4.78, 5) is 13.0. The molecule has 2 aromatic rings. The van der Waals surface area contributed by atoms with E-state index in [2.05, 4.69) is 5.32 Å². The van der Waals surface area contributed by atoms with E-state index >= 15 is 0 Å². The van der Waals surface area contributed by atoms with Crippen LogP contribution >= 0.6 is 11.8 Å². The van der Waals surface area contributed by atoms with Crippen LogP contribution in [0, 0.1) is 0 Å². The highest BCUT2D eigenvalue weighted by Gasteiger charge is 2.11. The number of carbonyl (C=O) groups is 1. The minimum Gasteiger partial charge on any atom is -0.462 e. The fourth-order valence-corrected chi connectivity index (χ4v) is 2.27. The summed E-state index contributed by atoms with van der Waals surface area (Å²) < 4.78 is 4.99. The van der Waals surface area contributed by atoms with Crippen molar-refractivity contribution in [2.24, 2.45) is 0 Å². The summed E-state index contributed by atoms with van der Waals surface area (Å²) in [5, 5.41) is 3.25. The van der Waals surface area contributed by atoms with E-state index in [4.69, 9.17) is 10.5 Å². The molecule has 21 heavy (non-hydrogen) atoms. The molecule has 110 valence electrons. The summed E-state index contributed by atoms with van der Waals surface area (Å²) in [6.07, 6.45) is 2.04. The van der Waals surface area contributed by atoms with Gasteiger partial charge in [0.2, 0.25) is 0 Å². The third kappa shape index (κ3) is 3.92. The second-order valence-electron chi connectivity index (χ2n) is 4.38. The Hall–Kier alpha value is -2.14. The van der Waals surface area contributed by atoms with Crippen LogP contribution in [-0.4, -0.2) is 18.8 Å². The molecule has 0 heterocycles. The van der Waals surface area contributed by atoms with Crippen LogP contribution in [0.2, 0.25) is 0 Å². The van der Waals surface area contributed by atoms with E-state index in [9.17, 15) is 4.79 Å². The van der Waals surface area contributed by atoms with Crippen molar-refractivity contribution < 1.29 is 9.53 Å². The predicted molar refractivity (Wildman–Crippen MR) is 88.3 cm³/mol. The zero-order chi connectivity index (χ0) is 15.2. The van der Waals surface area contributed by atoms with Crippen molar-refractivity contribution >= 4 is 34.8 Å². The van der Waals surface area contributed by atoms with Gasteiger partial charge in [-0.25, -0.2) is 4.79 Å². The average molecular weight is 302 g/mol. The van der Waals surface area contributed by atoms with Gasteiger partial charge in [-0.1, -0.05) is 0 Å². The maximum Gasteiger partial charge on any atom is 0.340 e. The maximum absolute atomic E-state index is 11.8. The Kier molecular flexibility index (Phi) is 5.11. The standard InChI is InChI=1S/C16H18N2O2S/c1-3-20-16(19)14-10-12(6-9-15(14)17)18-11-4-7-13(21-2)8-5-11/h4-10,18H,3,17H2,1-2H3. The molecule has 0 aliphatic rings. The molecule has 0 unspecified atom stereocenters. The van der Waals surface area contributed by atoms with Gasteiger partial charge in [-0.3, -0.25) is 0 Å². The Labute approximate surface area is 128 Å². The third-order valence-corrected chi connectivity index (χ3v) is 3.67. The number of nitrogens with two attached hydrogens (primary N) is 1. The molecule has 0 amide bonds. The highest BCUT2D eigenvalue weighted by molar-refractivity contribution is 7.98. The molecule has 0 atom stereocenters. The fourth-order valence-electron chi connectivity index (χ4n) is 1.86. The van der Waals surface area contributed by atoms with Gasteiger partial charge in [0.1, 0.15) is 0 Å². The average Bonchev–Trinajstić information content (AvgIpc) is 2.50. The molecule has 0 bridgehead atoms. The zero-order valence-electron chi connectivity index (χ0n) is 12.1. The number of ether oxygens (including phenoxy) is 1. The lowest BCUT2D eigenvalue weighted by atomic mass is 10.1. The molecule has 0 aromatic heterocycles. The first-order valence-corrected chi connectivity index (χ1v) is 7.84. The lowest BCUT2D eigenvalue weighted by Crippen LogP contribution is -2.08. The Morgan fingerprint density at radius 3 is 2.48 bits per heavy atom. The van der Waals surface area contributed by atoms with E-state index < -0.39 is 5.97 Å². The minimum atomic E-state index is -0.406. The van der Waals surface area contributed by atoms with Crippen molar-refractivity contribution in [1.29, 1.82) is 0 Å². The SMILES string of the molecule is CCOC(=O)c1cc(Nc2ccc(SC)cc2)ccc1N. The van der Waals surface area contributed by atoms with Crippen molar-refractivity contribution in [2.75, 3.05) is 23.9 Å². The monoisotopic (exact) mass is 302 g/mol. The molecule has 0 spiro atoms. The van der Waals surface area contributed by atoms with Gasteiger partial charge in [-0.15, -0.1) is 11.8 Å². The molecular weight excluding hydrogens is 284 g/mol. The van der Waals surface area contributed by atoms with Gasteiger partial charge in [0.05, 0.1) is 12.2 Å². The van der Waals surface area contributed by atoms with Crippen molar-refractivity contribution in [2.45, 2.75) is 11.8 Å². The van der Waals surface area contributed by atoms with Crippen LogP contribution < -0.4 is 11.1 Å². The summed E-state index contributed by atoms with van der Waals surface area (Å²) in [7, 11) is 0. The third-order valence-electron chi connectivity index (χ3n) is 2.93. The van der Waals surface area contributed by atoms with Gasteiger partial charge in [0.15, 0.2) is 0 Å². The molecule has 2 aromatic carbocycles. The maximum atomic E-state index is 11.8. The van der Waals surface area contributed by atoms with Crippen LogP contribution in [0.25, 0.3) is 0 Å².